The first-order chi connectivity index (χ1) is 8.72. The Morgan fingerprint density at radius 3 is 2.94 bits per heavy atom. The minimum absolute atomic E-state index is 0.0218. The maximum Gasteiger partial charge on any atom is 0.239 e. The molecule has 18 heavy (non-hydrogen) atoms. The number of rotatable bonds is 3. The number of benzene rings is 1. The van der Waals surface area contributed by atoms with E-state index in [1.807, 2.05) is 24.3 Å². The molecule has 1 unspecified atom stereocenters. The van der Waals surface area contributed by atoms with Gasteiger partial charge in [-0.1, -0.05) is 24.3 Å². The first-order valence-electron chi connectivity index (χ1n) is 5.99. The lowest BCUT2D eigenvalue weighted by molar-refractivity contribution is -0.126. The Morgan fingerprint density at radius 1 is 1.39 bits per heavy atom. The summed E-state index contributed by atoms with van der Waals surface area (Å²) >= 11 is 0. The lowest BCUT2D eigenvalue weighted by atomic mass is 9.90. The van der Waals surface area contributed by atoms with Crippen LogP contribution in [0.5, 0.6) is 0 Å². The zero-order chi connectivity index (χ0) is 13.0. The Bertz CT molecular complexity index is 459. The Balaban J connectivity index is 2.06. The van der Waals surface area contributed by atoms with Gasteiger partial charge < -0.3 is 16.0 Å². The van der Waals surface area contributed by atoms with Gasteiger partial charge in [-0.2, -0.15) is 0 Å². The van der Waals surface area contributed by atoms with Crippen molar-refractivity contribution in [2.45, 2.75) is 12.5 Å². The fourth-order valence-electron chi connectivity index (χ4n) is 2.11. The highest BCUT2D eigenvalue weighted by Gasteiger charge is 2.25. The van der Waals surface area contributed by atoms with Crippen molar-refractivity contribution in [2.75, 3.05) is 20.1 Å². The summed E-state index contributed by atoms with van der Waals surface area (Å²) in [5.41, 5.74) is 2.19. The van der Waals surface area contributed by atoms with Crippen LogP contribution in [0.1, 0.15) is 17.0 Å². The van der Waals surface area contributed by atoms with Crippen LogP contribution in [0.25, 0.3) is 0 Å². The molecule has 5 nitrogen and oxygen atoms in total. The summed E-state index contributed by atoms with van der Waals surface area (Å²) in [7, 11) is 1.55. The molecule has 1 atom stereocenters. The number of fused-ring (bicyclic) bond motifs is 1. The highest BCUT2D eigenvalue weighted by Crippen LogP contribution is 2.23. The number of carbonyl (C=O) groups is 2. The van der Waals surface area contributed by atoms with Crippen molar-refractivity contribution in [3.63, 3.8) is 0 Å². The van der Waals surface area contributed by atoms with Crippen LogP contribution in [0.4, 0.5) is 0 Å². The summed E-state index contributed by atoms with van der Waals surface area (Å²) in [6, 6.07) is 7.88. The third kappa shape index (κ3) is 2.68. The van der Waals surface area contributed by atoms with E-state index in [1.165, 1.54) is 0 Å². The molecule has 96 valence electrons. The van der Waals surface area contributed by atoms with E-state index >= 15 is 0 Å². The molecule has 0 aromatic heterocycles. The van der Waals surface area contributed by atoms with E-state index in [4.69, 9.17) is 0 Å². The molecule has 3 N–H and O–H groups in total. The Morgan fingerprint density at radius 2 is 2.17 bits per heavy atom. The van der Waals surface area contributed by atoms with Crippen molar-refractivity contribution in [3.8, 4) is 0 Å². The molecule has 5 heteroatoms. The van der Waals surface area contributed by atoms with Gasteiger partial charge in [0.1, 0.15) is 0 Å². The van der Waals surface area contributed by atoms with E-state index in [2.05, 4.69) is 16.0 Å². The summed E-state index contributed by atoms with van der Waals surface area (Å²) < 4.78 is 0. The van der Waals surface area contributed by atoms with Crippen LogP contribution in [0, 0.1) is 0 Å². The molecule has 2 amide bonds. The van der Waals surface area contributed by atoms with Crippen molar-refractivity contribution in [1.29, 1.82) is 0 Å². The first-order valence-corrected chi connectivity index (χ1v) is 5.99. The SMILES string of the molecule is CNC(=O)CNC(=O)C1CNCc2ccccc21. The largest absolute Gasteiger partial charge is 0.358 e. The lowest BCUT2D eigenvalue weighted by Gasteiger charge is -2.25. The first kappa shape index (κ1) is 12.6. The summed E-state index contributed by atoms with van der Waals surface area (Å²) in [4.78, 5) is 23.2. The molecule has 1 aromatic rings. The number of amides is 2. The topological polar surface area (TPSA) is 70.2 Å². The van der Waals surface area contributed by atoms with Crippen molar-refractivity contribution >= 4 is 11.8 Å². The molecule has 2 rings (SSSR count). The van der Waals surface area contributed by atoms with Crippen LogP contribution in [0.15, 0.2) is 24.3 Å². The standard InChI is InChI=1S/C13H17N3O2/c1-14-12(17)8-16-13(18)11-7-15-6-9-4-2-3-5-10(9)11/h2-5,11,15H,6-8H2,1H3,(H,14,17)(H,16,18). The molecule has 1 aromatic carbocycles. The zero-order valence-corrected chi connectivity index (χ0v) is 10.3. The monoisotopic (exact) mass is 247 g/mol. The maximum atomic E-state index is 12.1. The molecule has 1 heterocycles. The fourth-order valence-corrected chi connectivity index (χ4v) is 2.11. The summed E-state index contributed by atoms with van der Waals surface area (Å²) in [6.07, 6.45) is 0. The minimum atomic E-state index is -0.223. The molecule has 0 fully saturated rings. The van der Waals surface area contributed by atoms with Gasteiger partial charge in [0, 0.05) is 20.1 Å². The summed E-state index contributed by atoms with van der Waals surface area (Å²) in [5, 5.41) is 8.34. The zero-order valence-electron chi connectivity index (χ0n) is 10.3. The molecule has 1 aliphatic rings. The molecule has 0 radical (unpaired) electrons. The van der Waals surface area contributed by atoms with E-state index in [0.29, 0.717) is 6.54 Å². The number of hydrogen-bond acceptors (Lipinski definition) is 3. The highest BCUT2D eigenvalue weighted by molar-refractivity contribution is 5.88. The van der Waals surface area contributed by atoms with Gasteiger partial charge in [0.15, 0.2) is 0 Å². The van der Waals surface area contributed by atoms with Crippen LogP contribution in [0.2, 0.25) is 0 Å². The normalized spacial score (nSPS) is 17.7. The van der Waals surface area contributed by atoms with Gasteiger partial charge in [-0.15, -0.1) is 0 Å². The molecule has 0 saturated carbocycles. The van der Waals surface area contributed by atoms with E-state index in [0.717, 1.165) is 17.7 Å². The van der Waals surface area contributed by atoms with E-state index in [-0.39, 0.29) is 24.3 Å². The van der Waals surface area contributed by atoms with E-state index in [9.17, 15) is 9.59 Å². The average Bonchev–Trinajstić information content (AvgIpc) is 2.43. The highest BCUT2D eigenvalue weighted by atomic mass is 16.2. The second kappa shape index (κ2) is 5.64. The quantitative estimate of drug-likeness (QED) is 0.689. The second-order valence-corrected chi connectivity index (χ2v) is 4.27. The maximum absolute atomic E-state index is 12.1. The number of carbonyl (C=O) groups excluding carboxylic acids is 2. The van der Waals surface area contributed by atoms with Crippen LogP contribution < -0.4 is 16.0 Å². The number of likely N-dealkylation sites (N-methyl/N-ethyl adjacent to an activating group) is 1. The Hall–Kier alpha value is -1.88. The van der Waals surface area contributed by atoms with Crippen LogP contribution in [0.3, 0.4) is 0 Å². The molecule has 0 spiro atoms. The average molecular weight is 247 g/mol. The van der Waals surface area contributed by atoms with Crippen LogP contribution in [-0.2, 0) is 16.1 Å². The summed E-state index contributed by atoms with van der Waals surface area (Å²) in [5.74, 6) is -0.529. The molecule has 0 aliphatic carbocycles. The summed E-state index contributed by atoms with van der Waals surface area (Å²) in [6.45, 7) is 1.42. The van der Waals surface area contributed by atoms with Gasteiger partial charge in [-0.25, -0.2) is 0 Å². The van der Waals surface area contributed by atoms with Crippen molar-refractivity contribution in [3.05, 3.63) is 35.4 Å². The predicted octanol–water partition coefficient (Wildman–Crippen LogP) is -0.264. The predicted molar refractivity (Wildman–Crippen MR) is 68.0 cm³/mol. The molecular formula is C13H17N3O2. The van der Waals surface area contributed by atoms with Crippen LogP contribution in [-0.4, -0.2) is 32.0 Å². The van der Waals surface area contributed by atoms with Gasteiger partial charge in [0.25, 0.3) is 0 Å². The van der Waals surface area contributed by atoms with Gasteiger partial charge in [-0.3, -0.25) is 9.59 Å². The van der Waals surface area contributed by atoms with Gasteiger partial charge in [0.2, 0.25) is 11.8 Å². The van der Waals surface area contributed by atoms with Crippen molar-refractivity contribution in [2.24, 2.45) is 0 Å². The third-order valence-electron chi connectivity index (χ3n) is 3.11. The minimum Gasteiger partial charge on any atom is -0.358 e. The molecular weight excluding hydrogens is 230 g/mol. The van der Waals surface area contributed by atoms with Gasteiger partial charge in [-0.05, 0) is 11.1 Å². The number of hydrogen-bond donors (Lipinski definition) is 3. The molecule has 1 aliphatic heterocycles. The van der Waals surface area contributed by atoms with Crippen molar-refractivity contribution < 1.29 is 9.59 Å². The Kier molecular flexibility index (Phi) is 3.94. The Labute approximate surface area is 106 Å². The van der Waals surface area contributed by atoms with E-state index < -0.39 is 0 Å². The smallest absolute Gasteiger partial charge is 0.239 e. The fraction of sp³-hybridized carbons (Fsp3) is 0.385. The second-order valence-electron chi connectivity index (χ2n) is 4.27. The number of nitrogens with one attached hydrogen (secondary N) is 3. The van der Waals surface area contributed by atoms with Crippen LogP contribution >= 0.6 is 0 Å². The van der Waals surface area contributed by atoms with Gasteiger partial charge >= 0.3 is 0 Å². The third-order valence-corrected chi connectivity index (χ3v) is 3.11. The lowest BCUT2D eigenvalue weighted by Crippen LogP contribution is -2.42. The van der Waals surface area contributed by atoms with Crippen molar-refractivity contribution in [1.82, 2.24) is 16.0 Å². The van der Waals surface area contributed by atoms with Gasteiger partial charge in [0.05, 0.1) is 12.5 Å². The molecule has 0 bridgehead atoms. The molecule has 0 saturated heterocycles. The van der Waals surface area contributed by atoms with E-state index in [1.54, 1.807) is 7.05 Å².